The van der Waals surface area contributed by atoms with Crippen LogP contribution in [-0.2, 0) is 0 Å². The van der Waals surface area contributed by atoms with Crippen molar-refractivity contribution in [3.8, 4) is 5.95 Å². The number of rotatable bonds is 2. The highest BCUT2D eigenvalue weighted by Crippen LogP contribution is 2.18. The average Bonchev–Trinajstić information content (AvgIpc) is 2.68. The second kappa shape index (κ2) is 4.65. The molecule has 2 aromatic heterocycles. The fourth-order valence-corrected chi connectivity index (χ4v) is 1.73. The van der Waals surface area contributed by atoms with E-state index in [-0.39, 0.29) is 5.92 Å². The number of hydrogen-bond donors (Lipinski definition) is 0. The Bertz CT molecular complexity index is 565. The maximum atomic E-state index is 6.08. The third-order valence-electron chi connectivity index (χ3n) is 2.81. The largest absolute Gasteiger partial charge is 0.253 e. The highest BCUT2D eigenvalue weighted by molar-refractivity contribution is 6.30. The molecule has 96 valence electrons. The van der Waals surface area contributed by atoms with E-state index >= 15 is 0 Å². The van der Waals surface area contributed by atoms with E-state index in [1.165, 1.54) is 0 Å². The normalized spacial score (nSPS) is 11.3. The van der Waals surface area contributed by atoms with Gasteiger partial charge in [-0.25, -0.2) is 9.97 Å². The molecule has 0 bridgehead atoms. The van der Waals surface area contributed by atoms with Crippen molar-refractivity contribution in [2.24, 2.45) is 0 Å². The van der Waals surface area contributed by atoms with E-state index in [1.54, 1.807) is 4.68 Å². The Labute approximate surface area is 111 Å². The first-order valence-corrected chi connectivity index (χ1v) is 6.22. The van der Waals surface area contributed by atoms with Crippen LogP contribution < -0.4 is 0 Å². The molecule has 0 aromatic carbocycles. The Morgan fingerprint density at radius 1 is 1.06 bits per heavy atom. The highest BCUT2D eigenvalue weighted by atomic mass is 35.5. The molecule has 0 saturated heterocycles. The lowest BCUT2D eigenvalue weighted by atomic mass is 10.2. The van der Waals surface area contributed by atoms with Gasteiger partial charge in [0.25, 0.3) is 5.95 Å². The maximum absolute atomic E-state index is 6.08. The van der Waals surface area contributed by atoms with Crippen LogP contribution in [0.2, 0.25) is 5.15 Å². The highest BCUT2D eigenvalue weighted by Gasteiger charge is 2.14. The topological polar surface area (TPSA) is 56.5 Å². The van der Waals surface area contributed by atoms with Crippen LogP contribution in [0.3, 0.4) is 0 Å². The zero-order chi connectivity index (χ0) is 13.4. The van der Waals surface area contributed by atoms with Crippen molar-refractivity contribution in [1.82, 2.24) is 24.7 Å². The lowest BCUT2D eigenvalue weighted by Gasteiger charge is -2.06. The summed E-state index contributed by atoms with van der Waals surface area (Å²) in [7, 11) is 0. The molecule has 5 nitrogen and oxygen atoms in total. The van der Waals surface area contributed by atoms with E-state index in [9.17, 15) is 0 Å². The van der Waals surface area contributed by atoms with Crippen LogP contribution in [0.4, 0.5) is 0 Å². The van der Waals surface area contributed by atoms with Gasteiger partial charge in [0.15, 0.2) is 5.82 Å². The molecule has 0 atom stereocenters. The first kappa shape index (κ1) is 13.0. The molecule has 2 aromatic rings. The Hall–Kier alpha value is -1.49. The van der Waals surface area contributed by atoms with Gasteiger partial charge in [-0.15, -0.1) is 5.10 Å². The zero-order valence-electron chi connectivity index (χ0n) is 11.2. The molecule has 0 saturated carbocycles. The van der Waals surface area contributed by atoms with Crippen LogP contribution in [0, 0.1) is 20.8 Å². The first-order chi connectivity index (χ1) is 8.40. The molecule has 2 rings (SSSR count). The molecule has 0 fully saturated rings. The first-order valence-electron chi connectivity index (χ1n) is 5.84. The molecule has 0 radical (unpaired) electrons. The number of aryl methyl sites for hydroxylation is 2. The lowest BCUT2D eigenvalue weighted by molar-refractivity contribution is 0.725. The van der Waals surface area contributed by atoms with Crippen molar-refractivity contribution in [3.63, 3.8) is 0 Å². The monoisotopic (exact) mass is 265 g/mol. The molecule has 0 aliphatic heterocycles. The summed E-state index contributed by atoms with van der Waals surface area (Å²) in [5, 5.41) is 4.87. The lowest BCUT2D eigenvalue weighted by Crippen LogP contribution is -2.08. The molecule has 0 N–H and O–H groups in total. The molecule has 2 heterocycles. The van der Waals surface area contributed by atoms with Crippen molar-refractivity contribution in [2.45, 2.75) is 40.5 Å². The van der Waals surface area contributed by atoms with Gasteiger partial charge in [0.1, 0.15) is 11.0 Å². The third kappa shape index (κ3) is 2.22. The predicted octanol–water partition coefficient (Wildman–Crippen LogP) is 2.76. The van der Waals surface area contributed by atoms with Gasteiger partial charge in [0, 0.05) is 17.2 Å². The van der Waals surface area contributed by atoms with Gasteiger partial charge < -0.3 is 0 Å². The van der Waals surface area contributed by atoms with E-state index in [2.05, 4.69) is 20.1 Å². The Morgan fingerprint density at radius 3 is 2.22 bits per heavy atom. The summed E-state index contributed by atoms with van der Waals surface area (Å²) in [4.78, 5) is 13.1. The minimum Gasteiger partial charge on any atom is -0.216 e. The van der Waals surface area contributed by atoms with Gasteiger partial charge in [0.2, 0.25) is 0 Å². The second-order valence-electron chi connectivity index (χ2n) is 4.61. The van der Waals surface area contributed by atoms with Gasteiger partial charge in [-0.05, 0) is 20.8 Å². The summed E-state index contributed by atoms with van der Waals surface area (Å²) in [6, 6.07) is 0. The smallest absolute Gasteiger partial charge is 0.216 e. The van der Waals surface area contributed by atoms with Crippen molar-refractivity contribution in [3.05, 3.63) is 28.1 Å². The quantitative estimate of drug-likeness (QED) is 0.784. The van der Waals surface area contributed by atoms with Crippen LogP contribution in [0.1, 0.15) is 42.7 Å². The van der Waals surface area contributed by atoms with Gasteiger partial charge >= 0.3 is 0 Å². The molecular formula is C12H16ClN5. The second-order valence-corrected chi connectivity index (χ2v) is 4.97. The molecule has 0 amide bonds. The molecule has 0 spiro atoms. The van der Waals surface area contributed by atoms with Crippen molar-refractivity contribution < 1.29 is 0 Å². The maximum Gasteiger partial charge on any atom is 0.253 e. The van der Waals surface area contributed by atoms with Crippen LogP contribution >= 0.6 is 11.6 Å². The predicted molar refractivity (Wildman–Crippen MR) is 70.3 cm³/mol. The van der Waals surface area contributed by atoms with Crippen molar-refractivity contribution >= 4 is 11.6 Å². The Morgan fingerprint density at radius 2 is 1.72 bits per heavy atom. The van der Waals surface area contributed by atoms with Crippen LogP contribution in [-0.4, -0.2) is 24.7 Å². The number of aromatic nitrogens is 5. The van der Waals surface area contributed by atoms with Gasteiger partial charge in [0.05, 0.1) is 0 Å². The summed E-state index contributed by atoms with van der Waals surface area (Å²) in [5.74, 6) is 2.29. The average molecular weight is 266 g/mol. The van der Waals surface area contributed by atoms with E-state index in [0.29, 0.717) is 11.1 Å². The van der Waals surface area contributed by atoms with E-state index in [1.807, 2.05) is 34.6 Å². The standard InChI is InChI=1S/C12H16ClN5/c1-6(2)11-15-9(5)18(17-11)12-14-8(4)7(3)10(13)16-12/h6H,1-5H3. The van der Waals surface area contributed by atoms with E-state index in [4.69, 9.17) is 11.6 Å². The summed E-state index contributed by atoms with van der Waals surface area (Å²) < 4.78 is 1.63. The van der Waals surface area contributed by atoms with Gasteiger partial charge in [-0.1, -0.05) is 25.4 Å². The van der Waals surface area contributed by atoms with E-state index in [0.717, 1.165) is 22.9 Å². The van der Waals surface area contributed by atoms with Crippen molar-refractivity contribution in [1.29, 1.82) is 0 Å². The number of halogens is 1. The van der Waals surface area contributed by atoms with E-state index < -0.39 is 0 Å². The fraction of sp³-hybridized carbons (Fsp3) is 0.500. The Kier molecular flexibility index (Phi) is 3.34. The number of hydrogen-bond acceptors (Lipinski definition) is 4. The molecule has 0 aliphatic carbocycles. The minimum atomic E-state index is 0.270. The third-order valence-corrected chi connectivity index (χ3v) is 3.18. The van der Waals surface area contributed by atoms with Crippen LogP contribution in [0.5, 0.6) is 0 Å². The number of nitrogens with zero attached hydrogens (tertiary/aromatic N) is 5. The minimum absolute atomic E-state index is 0.270. The summed E-state index contributed by atoms with van der Waals surface area (Å²) in [5.41, 5.74) is 1.74. The van der Waals surface area contributed by atoms with Crippen molar-refractivity contribution in [2.75, 3.05) is 0 Å². The molecule has 18 heavy (non-hydrogen) atoms. The molecule has 0 unspecified atom stereocenters. The van der Waals surface area contributed by atoms with Crippen LogP contribution in [0.15, 0.2) is 0 Å². The molecular weight excluding hydrogens is 250 g/mol. The molecule has 6 heteroatoms. The fourth-order valence-electron chi connectivity index (χ4n) is 1.52. The summed E-state index contributed by atoms with van der Waals surface area (Å²) in [6.07, 6.45) is 0. The molecule has 0 aliphatic rings. The van der Waals surface area contributed by atoms with Gasteiger partial charge in [-0.2, -0.15) is 9.67 Å². The van der Waals surface area contributed by atoms with Crippen LogP contribution in [0.25, 0.3) is 5.95 Å². The zero-order valence-corrected chi connectivity index (χ0v) is 11.9. The SMILES string of the molecule is Cc1nc(-n2nc(C(C)C)nc2C)nc(Cl)c1C. The van der Waals surface area contributed by atoms with Gasteiger partial charge in [-0.3, -0.25) is 0 Å². The Balaban J connectivity index is 2.55. The summed E-state index contributed by atoms with van der Waals surface area (Å²) >= 11 is 6.08. The summed E-state index contributed by atoms with van der Waals surface area (Å²) in [6.45, 7) is 9.78.